The maximum Gasteiger partial charge on any atom is 0.496 e. The molecule has 0 radical (unpaired) electrons. The van der Waals surface area contributed by atoms with E-state index < -0.39 is 18.3 Å². The Morgan fingerprint density at radius 2 is 0.727 bits per heavy atom. The molecule has 5 aliphatic heterocycles. The van der Waals surface area contributed by atoms with E-state index in [-0.39, 0.29) is 57.7 Å². The van der Waals surface area contributed by atoms with E-state index in [9.17, 15) is 28.8 Å². The summed E-state index contributed by atoms with van der Waals surface area (Å²) in [5, 5.41) is 3.29. The van der Waals surface area contributed by atoms with Crippen molar-refractivity contribution in [3.8, 4) is 56.4 Å². The third-order valence-corrected chi connectivity index (χ3v) is 23.5. The molecule has 0 bridgehead atoms. The van der Waals surface area contributed by atoms with Crippen molar-refractivity contribution in [2.24, 2.45) is 28.2 Å². The highest BCUT2D eigenvalue weighted by Crippen LogP contribution is 2.38. The molecular formula is C93H130BBrN12O14. The first kappa shape index (κ1) is 95.5. The van der Waals surface area contributed by atoms with Crippen LogP contribution < -0.4 is 52.0 Å². The molecule has 0 saturated carbocycles. The van der Waals surface area contributed by atoms with Gasteiger partial charge in [-0.2, -0.15) is 0 Å². The fourth-order valence-corrected chi connectivity index (χ4v) is 15.1. The van der Waals surface area contributed by atoms with E-state index in [2.05, 4.69) is 114 Å². The van der Waals surface area contributed by atoms with Crippen LogP contribution in [0.3, 0.4) is 0 Å². The Balaban J connectivity index is 0.000000174. The van der Waals surface area contributed by atoms with Gasteiger partial charge in [-0.05, 0) is 205 Å². The molecule has 0 atom stereocenters. The summed E-state index contributed by atoms with van der Waals surface area (Å²) in [4.78, 5) is 86.8. The molecule has 121 heavy (non-hydrogen) atoms. The first-order valence-electron chi connectivity index (χ1n) is 41.3. The Labute approximate surface area is 724 Å². The molecular weight excluding hydrogens is 1600 g/mol. The molecule has 13 rings (SSSR count). The van der Waals surface area contributed by atoms with E-state index in [1.54, 1.807) is 112 Å². The van der Waals surface area contributed by atoms with Crippen molar-refractivity contribution in [3.63, 3.8) is 0 Å². The largest absolute Gasteiger partial charge is 0.496 e. The van der Waals surface area contributed by atoms with Crippen molar-refractivity contribution in [1.82, 2.24) is 57.9 Å². The molecule has 28 heteroatoms. The smallest absolute Gasteiger partial charge is 0.496 e. The number of pyridine rings is 4. The zero-order chi connectivity index (χ0) is 89.2. The molecule has 0 unspecified atom stereocenters. The fraction of sp³-hybridized carbons (Fsp3) is 0.505. The lowest BCUT2D eigenvalue weighted by molar-refractivity contribution is -0.00666. The van der Waals surface area contributed by atoms with E-state index in [1.165, 1.54) is 11.1 Å². The number of benzene rings is 4. The van der Waals surface area contributed by atoms with Crippen LogP contribution in [0, 0.1) is 27.7 Å². The number of aryl methyl sites for hydroxylation is 8. The highest BCUT2D eigenvalue weighted by Gasteiger charge is 2.52. The van der Waals surface area contributed by atoms with Crippen LogP contribution in [-0.4, -0.2) is 234 Å². The normalized spacial score (nSPS) is 16.2. The van der Waals surface area contributed by atoms with Gasteiger partial charge in [-0.1, -0.05) is 64.5 Å². The van der Waals surface area contributed by atoms with Crippen molar-refractivity contribution < 1.29 is 47.3 Å². The minimum absolute atomic E-state index is 0.00951. The molecule has 5 aliphatic rings. The van der Waals surface area contributed by atoms with Crippen LogP contribution in [0.2, 0.25) is 0 Å². The Bertz CT molecular complexity index is 5080. The standard InChI is InChI=1S/C24H33N3O4.C20H27N3O2.C19H25N3O2.C17H25BrN2O3.C13H20BNO3/c1-16-10-19(12-25(5)22(16)28)17-8-9-18(21(11-17)30-7)13-27-14-20(15-27)26(6)23(29)31-24(2,3)4;1-14-8-17(10-22(4)20(14)24)15-6-7-16(19(9-15)25-5)11-23-12-18(13-23)21(2)3;1-13-7-16(9-21(3)19(13)23)14-5-6-15(18(8-14)24-4)10-22-11-17(12-22)20-2;1-17(2,3)23-16(21)19(4)14-10-20(11-14)9-12-6-7-13(18)8-15(12)22-5;1-9-7-10(8-15(6)11(9)16)14-17-12(2,3)13(4,5)18-14/h8-12,20H,13-15H2,1-7H3;6-10,18H,11-13H2,1-5H3;5-9,17,20H,10-12H2,1-4H3;6-8,14H,9-11H2,1-5H3;7-8H,1-6H3. The van der Waals surface area contributed by atoms with Gasteiger partial charge >= 0.3 is 19.3 Å². The number of aromatic nitrogens is 4. The predicted octanol–water partition coefficient (Wildman–Crippen LogP) is 11.8. The van der Waals surface area contributed by atoms with E-state index in [0.717, 1.165) is 167 Å². The molecule has 2 amide bonds. The first-order chi connectivity index (χ1) is 56.7. The number of hydrogen-bond acceptors (Lipinski definition) is 20. The Morgan fingerprint density at radius 3 is 1.02 bits per heavy atom. The molecule has 1 N–H and O–H groups in total. The number of carbonyl (C=O) groups excluding carboxylic acids is 2. The van der Waals surface area contributed by atoms with E-state index in [4.69, 9.17) is 37.7 Å². The van der Waals surface area contributed by atoms with Crippen molar-refractivity contribution in [1.29, 1.82) is 0 Å². The van der Waals surface area contributed by atoms with Gasteiger partial charge in [0.1, 0.15) is 34.2 Å². The summed E-state index contributed by atoms with van der Waals surface area (Å²) in [5.74, 6) is 3.49. The zero-order valence-electron chi connectivity index (χ0n) is 76.4. The number of carbonyl (C=O) groups is 2. The van der Waals surface area contributed by atoms with Crippen molar-refractivity contribution in [3.05, 3.63) is 212 Å². The number of halogens is 1. The quantitative estimate of drug-likeness (QED) is 0.0699. The molecule has 8 aromatic rings. The van der Waals surface area contributed by atoms with Gasteiger partial charge < -0.3 is 76.0 Å². The molecule has 5 saturated heterocycles. The summed E-state index contributed by atoms with van der Waals surface area (Å²) < 4.78 is 52.5. The van der Waals surface area contributed by atoms with Gasteiger partial charge in [-0.3, -0.25) is 38.8 Å². The van der Waals surface area contributed by atoms with Crippen LogP contribution in [0.25, 0.3) is 33.4 Å². The van der Waals surface area contributed by atoms with Gasteiger partial charge in [0.2, 0.25) is 0 Å². The van der Waals surface area contributed by atoms with Crippen molar-refractivity contribution >= 4 is 40.7 Å². The summed E-state index contributed by atoms with van der Waals surface area (Å²) in [6.07, 6.45) is 6.82. The minimum Gasteiger partial charge on any atom is -0.496 e. The second-order valence-corrected chi connectivity index (χ2v) is 36.8. The van der Waals surface area contributed by atoms with Gasteiger partial charge in [-0.15, -0.1) is 0 Å². The van der Waals surface area contributed by atoms with Crippen LogP contribution in [0.5, 0.6) is 23.0 Å². The van der Waals surface area contributed by atoms with E-state index in [0.29, 0.717) is 23.2 Å². The van der Waals surface area contributed by atoms with Gasteiger partial charge in [0.15, 0.2) is 0 Å². The average Bonchev–Trinajstić information content (AvgIpc) is 1.60. The summed E-state index contributed by atoms with van der Waals surface area (Å²) in [7, 11) is 23.3. The van der Waals surface area contributed by atoms with Crippen LogP contribution in [-0.2, 0) is 73.2 Å². The fourth-order valence-electron chi connectivity index (χ4n) is 14.8. The van der Waals surface area contributed by atoms with Crippen LogP contribution in [0.1, 0.15) is 114 Å². The summed E-state index contributed by atoms with van der Waals surface area (Å²) in [6, 6.07) is 34.0. The maximum atomic E-state index is 12.2. The molecule has 0 aliphatic carbocycles. The SMILES string of the molecule is CNC1CN(Cc2ccc(-c3cc(C)c(=O)n(C)c3)cc2OC)C1.COc1cc(-c2cc(C)c(=O)n(C)c2)ccc1CN1CC(N(C)C(=O)OC(C)(C)C)C1.COc1cc(-c2cc(C)c(=O)n(C)c2)ccc1CN1CC(N(C)C)C1.COc1cc(Br)ccc1CN1CC(N(C)C(=O)OC(C)(C)C)C1.Cc1cc(B2OC(C)(C)C(C)(C)O2)cn(C)c1=O. The second-order valence-electron chi connectivity index (χ2n) is 35.8. The molecule has 26 nitrogen and oxygen atoms in total. The van der Waals surface area contributed by atoms with E-state index in [1.807, 2.05) is 158 Å². The first-order valence-corrected chi connectivity index (χ1v) is 42.0. The Kier molecular flexibility index (Phi) is 31.8. The monoisotopic (exact) mass is 1730 g/mol. The Morgan fingerprint density at radius 1 is 0.438 bits per heavy atom. The third kappa shape index (κ3) is 24.8. The molecule has 4 aromatic carbocycles. The van der Waals surface area contributed by atoms with Crippen molar-refractivity contribution in [2.75, 3.05) is 116 Å². The number of nitrogens with one attached hydrogen (secondary N) is 1. The van der Waals surface area contributed by atoms with Gasteiger partial charge in [0.05, 0.1) is 51.7 Å². The highest BCUT2D eigenvalue weighted by molar-refractivity contribution is 9.10. The summed E-state index contributed by atoms with van der Waals surface area (Å²) >= 11 is 3.45. The number of nitrogens with zero attached hydrogens (tertiary/aromatic N) is 11. The predicted molar refractivity (Wildman–Crippen MR) is 485 cm³/mol. The second kappa shape index (κ2) is 40.3. The third-order valence-electron chi connectivity index (χ3n) is 23.1. The lowest BCUT2D eigenvalue weighted by atomic mass is 9.80. The zero-order valence-corrected chi connectivity index (χ0v) is 78.0. The lowest BCUT2D eigenvalue weighted by Crippen LogP contribution is -2.59. The van der Waals surface area contributed by atoms with Gasteiger partial charge in [0.25, 0.3) is 22.2 Å². The summed E-state index contributed by atoms with van der Waals surface area (Å²) in [5.41, 5.74) is 13.0. The molecule has 0 spiro atoms. The number of ether oxygens (including phenoxy) is 6. The van der Waals surface area contributed by atoms with Crippen LogP contribution in [0.15, 0.2) is 146 Å². The maximum absolute atomic E-state index is 12.2. The molecule has 4 aromatic heterocycles. The minimum atomic E-state index is -0.493. The van der Waals surface area contributed by atoms with E-state index >= 15 is 0 Å². The van der Waals surface area contributed by atoms with Gasteiger partial charge in [0, 0.05) is 207 Å². The number of methoxy groups -OCH3 is 4. The van der Waals surface area contributed by atoms with Gasteiger partial charge in [-0.25, -0.2) is 9.59 Å². The molecule has 9 heterocycles. The topological polar surface area (TPSA) is 231 Å². The van der Waals surface area contributed by atoms with Crippen LogP contribution >= 0.6 is 15.9 Å². The van der Waals surface area contributed by atoms with Crippen LogP contribution in [0.4, 0.5) is 9.59 Å². The number of amides is 2. The molecule has 5 fully saturated rings. The number of hydrogen-bond donors (Lipinski definition) is 1. The number of rotatable bonds is 20. The number of likely N-dealkylation sites (N-methyl/N-ethyl adjacent to an activating group) is 4. The molecule has 656 valence electrons. The highest BCUT2D eigenvalue weighted by atomic mass is 79.9. The average molecular weight is 1730 g/mol. The summed E-state index contributed by atoms with van der Waals surface area (Å²) in [6.45, 7) is 37.6. The number of likely N-dealkylation sites (tertiary alicyclic amines) is 4. The van der Waals surface area contributed by atoms with Crippen molar-refractivity contribution in [2.45, 2.75) is 170 Å². The lowest BCUT2D eigenvalue weighted by Gasteiger charge is -2.44. The Hall–Kier alpha value is -9.36.